The number of nitrogens with one attached hydrogen (secondary N) is 2. The molecule has 1 aliphatic carbocycles. The second-order valence-electron chi connectivity index (χ2n) is 10.6. The molecular weight excluding hydrogens is 396 g/mol. The van der Waals surface area contributed by atoms with Crippen molar-refractivity contribution < 1.29 is 19.1 Å². The van der Waals surface area contributed by atoms with Gasteiger partial charge in [0.2, 0.25) is 11.8 Å². The number of ether oxygens (including phenoxy) is 1. The molecule has 2 fully saturated rings. The molecule has 31 heavy (non-hydrogen) atoms. The summed E-state index contributed by atoms with van der Waals surface area (Å²) >= 11 is 0. The van der Waals surface area contributed by atoms with Gasteiger partial charge in [-0.2, -0.15) is 0 Å². The second kappa shape index (κ2) is 11.2. The van der Waals surface area contributed by atoms with Gasteiger partial charge < -0.3 is 26.0 Å². The predicted molar refractivity (Wildman–Crippen MR) is 120 cm³/mol. The molecule has 8 nitrogen and oxygen atoms in total. The smallest absolute Gasteiger partial charge is 0.408 e. The van der Waals surface area contributed by atoms with Gasteiger partial charge in [0, 0.05) is 19.1 Å². The SMILES string of the molecule is CC(C)OC(=O)NC(CC(C)(C)C)C(=O)N1CCCC1C(=O)NCC1CCC(N)CC1. The summed E-state index contributed by atoms with van der Waals surface area (Å²) in [5.41, 5.74) is 5.79. The van der Waals surface area contributed by atoms with Gasteiger partial charge in [-0.05, 0) is 70.1 Å². The monoisotopic (exact) mass is 438 g/mol. The van der Waals surface area contributed by atoms with Crippen LogP contribution in [0.1, 0.15) is 79.6 Å². The van der Waals surface area contributed by atoms with E-state index in [1.54, 1.807) is 18.7 Å². The topological polar surface area (TPSA) is 114 Å². The average Bonchev–Trinajstić information content (AvgIpc) is 3.14. The van der Waals surface area contributed by atoms with Gasteiger partial charge in [0.05, 0.1) is 6.10 Å². The number of nitrogens with zero attached hydrogens (tertiary/aromatic N) is 1. The first-order valence-electron chi connectivity index (χ1n) is 11.8. The fraction of sp³-hybridized carbons (Fsp3) is 0.870. The van der Waals surface area contributed by atoms with Crippen LogP contribution in [-0.4, -0.2) is 60.1 Å². The van der Waals surface area contributed by atoms with Crippen LogP contribution in [0.4, 0.5) is 4.79 Å². The van der Waals surface area contributed by atoms with Crippen LogP contribution in [0.5, 0.6) is 0 Å². The molecule has 0 spiro atoms. The molecule has 4 N–H and O–H groups in total. The van der Waals surface area contributed by atoms with E-state index in [0.717, 1.165) is 32.1 Å². The Morgan fingerprint density at radius 2 is 1.74 bits per heavy atom. The van der Waals surface area contributed by atoms with E-state index in [2.05, 4.69) is 10.6 Å². The number of carbonyl (C=O) groups is 3. The zero-order chi connectivity index (χ0) is 23.2. The summed E-state index contributed by atoms with van der Waals surface area (Å²) < 4.78 is 5.19. The normalized spacial score (nSPS) is 25.3. The first-order chi connectivity index (χ1) is 14.5. The molecule has 3 amide bonds. The van der Waals surface area contributed by atoms with Crippen LogP contribution < -0.4 is 16.4 Å². The molecule has 0 aromatic rings. The molecule has 2 atom stereocenters. The highest BCUT2D eigenvalue weighted by atomic mass is 16.6. The molecule has 1 heterocycles. The lowest BCUT2D eigenvalue weighted by atomic mass is 9.86. The van der Waals surface area contributed by atoms with Crippen LogP contribution in [0.25, 0.3) is 0 Å². The third kappa shape index (κ3) is 8.31. The molecule has 2 aliphatic rings. The lowest BCUT2D eigenvalue weighted by molar-refractivity contribution is -0.140. The van der Waals surface area contributed by atoms with Crippen molar-refractivity contribution in [2.24, 2.45) is 17.1 Å². The van der Waals surface area contributed by atoms with Crippen molar-refractivity contribution in [1.29, 1.82) is 0 Å². The first kappa shape index (κ1) is 25.4. The van der Waals surface area contributed by atoms with Crippen molar-refractivity contribution >= 4 is 17.9 Å². The highest BCUT2D eigenvalue weighted by Crippen LogP contribution is 2.26. The van der Waals surface area contributed by atoms with Crippen molar-refractivity contribution in [3.63, 3.8) is 0 Å². The predicted octanol–water partition coefficient (Wildman–Crippen LogP) is 2.55. The third-order valence-electron chi connectivity index (χ3n) is 6.04. The first-order valence-corrected chi connectivity index (χ1v) is 11.8. The summed E-state index contributed by atoms with van der Waals surface area (Å²) in [6.45, 7) is 10.8. The quantitative estimate of drug-likeness (QED) is 0.565. The molecule has 0 aromatic heterocycles. The van der Waals surface area contributed by atoms with Crippen molar-refractivity contribution in [2.45, 2.75) is 104 Å². The highest BCUT2D eigenvalue weighted by molar-refractivity contribution is 5.91. The Morgan fingerprint density at radius 3 is 2.32 bits per heavy atom. The number of hydrogen-bond donors (Lipinski definition) is 3. The molecule has 0 radical (unpaired) electrons. The number of rotatable bonds is 7. The van der Waals surface area contributed by atoms with E-state index in [0.29, 0.717) is 31.8 Å². The molecule has 1 aliphatic heterocycles. The summed E-state index contributed by atoms with van der Waals surface area (Å²) in [6.07, 6.45) is 5.08. The molecule has 2 unspecified atom stereocenters. The minimum absolute atomic E-state index is 0.0972. The van der Waals surface area contributed by atoms with Crippen LogP contribution in [0, 0.1) is 11.3 Å². The summed E-state index contributed by atoms with van der Waals surface area (Å²) in [5.74, 6) is 0.146. The van der Waals surface area contributed by atoms with E-state index in [1.165, 1.54) is 0 Å². The Balaban J connectivity index is 1.99. The van der Waals surface area contributed by atoms with Gasteiger partial charge in [-0.15, -0.1) is 0 Å². The number of hydrogen-bond acceptors (Lipinski definition) is 5. The maximum atomic E-state index is 13.4. The van der Waals surface area contributed by atoms with Crippen LogP contribution in [-0.2, 0) is 14.3 Å². The van der Waals surface area contributed by atoms with Crippen molar-refractivity contribution in [3.05, 3.63) is 0 Å². The van der Waals surface area contributed by atoms with Gasteiger partial charge in [-0.3, -0.25) is 9.59 Å². The lowest BCUT2D eigenvalue weighted by Crippen LogP contribution is -2.54. The molecule has 1 saturated carbocycles. The molecular formula is C23H42N4O4. The summed E-state index contributed by atoms with van der Waals surface area (Å²) in [4.78, 5) is 40.1. The Labute approximate surface area is 187 Å². The highest BCUT2D eigenvalue weighted by Gasteiger charge is 2.39. The fourth-order valence-corrected chi connectivity index (χ4v) is 4.46. The van der Waals surface area contributed by atoms with Gasteiger partial charge >= 0.3 is 6.09 Å². The van der Waals surface area contributed by atoms with E-state index in [-0.39, 0.29) is 29.4 Å². The van der Waals surface area contributed by atoms with Gasteiger partial charge in [0.1, 0.15) is 12.1 Å². The molecule has 178 valence electrons. The summed E-state index contributed by atoms with van der Waals surface area (Å²) in [5, 5.41) is 5.80. The maximum Gasteiger partial charge on any atom is 0.408 e. The number of nitrogens with two attached hydrogens (primary N) is 1. The molecule has 2 rings (SSSR count). The molecule has 8 heteroatoms. The number of alkyl carbamates (subject to hydrolysis) is 1. The Hall–Kier alpha value is -1.83. The minimum atomic E-state index is -0.723. The van der Waals surface area contributed by atoms with E-state index in [1.807, 2.05) is 20.8 Å². The molecule has 1 saturated heterocycles. The zero-order valence-electron chi connectivity index (χ0n) is 19.9. The number of likely N-dealkylation sites (tertiary alicyclic amines) is 1. The maximum absolute atomic E-state index is 13.4. The standard InChI is InChI=1S/C23H42N4O4/c1-15(2)31-22(30)26-18(13-23(3,4)5)21(29)27-12-6-7-19(27)20(28)25-14-16-8-10-17(24)11-9-16/h15-19H,6-14,24H2,1-5H3,(H,25,28)(H,26,30). The van der Waals surface area contributed by atoms with Crippen molar-refractivity contribution in [3.8, 4) is 0 Å². The third-order valence-corrected chi connectivity index (χ3v) is 6.04. The average molecular weight is 439 g/mol. The molecule has 0 bridgehead atoms. The van der Waals surface area contributed by atoms with Gasteiger partial charge in [-0.25, -0.2) is 4.79 Å². The van der Waals surface area contributed by atoms with Gasteiger partial charge in [0.15, 0.2) is 0 Å². The summed E-state index contributed by atoms with van der Waals surface area (Å²) in [6, 6.07) is -0.923. The van der Waals surface area contributed by atoms with E-state index >= 15 is 0 Å². The molecule has 0 aromatic carbocycles. The summed E-state index contributed by atoms with van der Waals surface area (Å²) in [7, 11) is 0. The Kier molecular flexibility index (Phi) is 9.15. The number of carbonyl (C=O) groups excluding carboxylic acids is 3. The van der Waals surface area contributed by atoms with Crippen molar-refractivity contribution in [2.75, 3.05) is 13.1 Å². The van der Waals surface area contributed by atoms with E-state index < -0.39 is 18.2 Å². The number of amides is 3. The van der Waals surface area contributed by atoms with Crippen LogP contribution in [0.2, 0.25) is 0 Å². The van der Waals surface area contributed by atoms with Crippen LogP contribution in [0.15, 0.2) is 0 Å². The fourth-order valence-electron chi connectivity index (χ4n) is 4.46. The van der Waals surface area contributed by atoms with Gasteiger partial charge in [0.25, 0.3) is 0 Å². The Bertz CT molecular complexity index is 624. The van der Waals surface area contributed by atoms with Crippen LogP contribution in [0.3, 0.4) is 0 Å². The second-order valence-corrected chi connectivity index (χ2v) is 10.6. The van der Waals surface area contributed by atoms with E-state index in [9.17, 15) is 14.4 Å². The van der Waals surface area contributed by atoms with Crippen molar-refractivity contribution in [1.82, 2.24) is 15.5 Å². The zero-order valence-corrected chi connectivity index (χ0v) is 19.9. The minimum Gasteiger partial charge on any atom is -0.447 e. The largest absolute Gasteiger partial charge is 0.447 e. The lowest BCUT2D eigenvalue weighted by Gasteiger charge is -2.32. The van der Waals surface area contributed by atoms with Gasteiger partial charge in [-0.1, -0.05) is 20.8 Å². The Morgan fingerprint density at radius 1 is 1.10 bits per heavy atom. The van der Waals surface area contributed by atoms with Crippen LogP contribution >= 0.6 is 0 Å². The van der Waals surface area contributed by atoms with E-state index in [4.69, 9.17) is 10.5 Å².